The molecule has 1 unspecified atom stereocenters. The highest BCUT2D eigenvalue weighted by molar-refractivity contribution is 6.29. The van der Waals surface area contributed by atoms with Gasteiger partial charge in [0.1, 0.15) is 16.9 Å². The molecule has 1 heterocycles. The summed E-state index contributed by atoms with van der Waals surface area (Å²) < 4.78 is 0. The maximum absolute atomic E-state index is 11.7. The number of aliphatic hydroxyl groups is 1. The summed E-state index contributed by atoms with van der Waals surface area (Å²) in [5, 5.41) is 22.4. The SMILES string of the molecule is CCC(O)CNC(=O)c1cc(Cl)ncc1[N+](=O)[O-]. The van der Waals surface area contributed by atoms with Gasteiger partial charge in [-0.15, -0.1) is 0 Å². The average Bonchev–Trinajstić information content (AvgIpc) is 2.34. The fourth-order valence-corrected chi connectivity index (χ4v) is 1.36. The van der Waals surface area contributed by atoms with E-state index in [2.05, 4.69) is 10.3 Å². The first-order valence-corrected chi connectivity index (χ1v) is 5.59. The Labute approximate surface area is 108 Å². The fourth-order valence-electron chi connectivity index (χ4n) is 1.20. The molecule has 0 aliphatic rings. The number of nitro groups is 1. The van der Waals surface area contributed by atoms with Gasteiger partial charge in [-0.05, 0) is 12.5 Å². The summed E-state index contributed by atoms with van der Waals surface area (Å²) in [5.41, 5.74) is -0.605. The van der Waals surface area contributed by atoms with Crippen LogP contribution in [0.3, 0.4) is 0 Å². The van der Waals surface area contributed by atoms with E-state index in [0.29, 0.717) is 6.42 Å². The van der Waals surface area contributed by atoms with Crippen LogP contribution in [-0.4, -0.2) is 33.6 Å². The highest BCUT2D eigenvalue weighted by Gasteiger charge is 2.21. The molecule has 98 valence electrons. The molecule has 1 aromatic rings. The molecule has 0 saturated carbocycles. The molecule has 0 spiro atoms. The van der Waals surface area contributed by atoms with Crippen LogP contribution in [0.5, 0.6) is 0 Å². The summed E-state index contributed by atoms with van der Waals surface area (Å²) in [4.78, 5) is 25.3. The molecule has 0 fully saturated rings. The molecule has 0 aliphatic heterocycles. The Morgan fingerprint density at radius 3 is 2.94 bits per heavy atom. The van der Waals surface area contributed by atoms with Crippen LogP contribution in [0.15, 0.2) is 12.3 Å². The molecule has 0 saturated heterocycles. The third kappa shape index (κ3) is 3.64. The lowest BCUT2D eigenvalue weighted by atomic mass is 10.2. The molecular weight excluding hydrogens is 262 g/mol. The van der Waals surface area contributed by atoms with E-state index in [1.807, 2.05) is 0 Å². The molecule has 1 rings (SSSR count). The number of rotatable bonds is 5. The average molecular weight is 274 g/mol. The van der Waals surface area contributed by atoms with Crippen LogP contribution in [0.4, 0.5) is 5.69 Å². The van der Waals surface area contributed by atoms with Gasteiger partial charge < -0.3 is 10.4 Å². The lowest BCUT2D eigenvalue weighted by Gasteiger charge is -2.09. The van der Waals surface area contributed by atoms with Crippen molar-refractivity contribution >= 4 is 23.2 Å². The van der Waals surface area contributed by atoms with Crippen molar-refractivity contribution in [2.45, 2.75) is 19.4 Å². The van der Waals surface area contributed by atoms with Gasteiger partial charge in [0.15, 0.2) is 0 Å². The van der Waals surface area contributed by atoms with Gasteiger partial charge in [-0.1, -0.05) is 18.5 Å². The minimum atomic E-state index is -0.714. The molecule has 0 aromatic carbocycles. The Morgan fingerprint density at radius 1 is 1.72 bits per heavy atom. The second-order valence-electron chi connectivity index (χ2n) is 3.55. The number of amides is 1. The summed E-state index contributed by atoms with van der Waals surface area (Å²) in [6.07, 6.45) is 0.706. The van der Waals surface area contributed by atoms with Crippen molar-refractivity contribution in [3.8, 4) is 0 Å². The van der Waals surface area contributed by atoms with E-state index >= 15 is 0 Å². The van der Waals surface area contributed by atoms with Crippen molar-refractivity contribution in [2.75, 3.05) is 6.54 Å². The van der Waals surface area contributed by atoms with Gasteiger partial charge in [0.25, 0.3) is 11.6 Å². The van der Waals surface area contributed by atoms with Gasteiger partial charge in [0, 0.05) is 6.54 Å². The predicted molar refractivity (Wildman–Crippen MR) is 64.5 cm³/mol. The second-order valence-corrected chi connectivity index (χ2v) is 3.94. The highest BCUT2D eigenvalue weighted by Crippen LogP contribution is 2.20. The molecule has 1 amide bonds. The van der Waals surface area contributed by atoms with E-state index in [1.54, 1.807) is 6.92 Å². The van der Waals surface area contributed by atoms with E-state index in [0.717, 1.165) is 12.3 Å². The number of carbonyl (C=O) groups is 1. The maximum atomic E-state index is 11.7. The molecule has 18 heavy (non-hydrogen) atoms. The molecular formula is C10H12ClN3O4. The van der Waals surface area contributed by atoms with E-state index < -0.39 is 22.6 Å². The smallest absolute Gasteiger partial charge is 0.300 e. The third-order valence-corrected chi connectivity index (χ3v) is 2.47. The van der Waals surface area contributed by atoms with Gasteiger partial charge in [0.2, 0.25) is 0 Å². The van der Waals surface area contributed by atoms with Crippen LogP contribution in [0.2, 0.25) is 5.15 Å². The number of hydrogen-bond acceptors (Lipinski definition) is 5. The number of aromatic nitrogens is 1. The molecule has 0 bridgehead atoms. The molecule has 7 nitrogen and oxygen atoms in total. The zero-order valence-corrected chi connectivity index (χ0v) is 10.3. The minimum Gasteiger partial charge on any atom is -0.391 e. The molecule has 2 N–H and O–H groups in total. The molecule has 1 aromatic heterocycles. The minimum absolute atomic E-state index is 0.0122. The van der Waals surface area contributed by atoms with Gasteiger partial charge in [-0.3, -0.25) is 14.9 Å². The van der Waals surface area contributed by atoms with Crippen LogP contribution in [-0.2, 0) is 0 Å². The quantitative estimate of drug-likeness (QED) is 0.475. The fraction of sp³-hybridized carbons (Fsp3) is 0.400. The Morgan fingerprint density at radius 2 is 2.39 bits per heavy atom. The first kappa shape index (κ1) is 14.3. The Bertz CT molecular complexity index is 466. The number of nitrogens with zero attached hydrogens (tertiary/aromatic N) is 2. The molecule has 0 aliphatic carbocycles. The number of pyridine rings is 1. The van der Waals surface area contributed by atoms with Crippen molar-refractivity contribution in [1.82, 2.24) is 10.3 Å². The summed E-state index contributed by atoms with van der Waals surface area (Å²) in [5.74, 6) is -0.668. The standard InChI is InChI=1S/C10H12ClN3O4/c1-2-6(15)4-13-10(16)7-3-9(11)12-5-8(7)14(17)18/h3,5-6,15H,2,4H2,1H3,(H,13,16). The van der Waals surface area contributed by atoms with Crippen LogP contribution in [0.1, 0.15) is 23.7 Å². The van der Waals surface area contributed by atoms with Gasteiger partial charge in [0.05, 0.1) is 11.0 Å². The van der Waals surface area contributed by atoms with Crippen molar-refractivity contribution in [3.63, 3.8) is 0 Å². The van der Waals surface area contributed by atoms with Crippen molar-refractivity contribution in [2.24, 2.45) is 0 Å². The number of aliphatic hydroxyl groups excluding tert-OH is 1. The topological polar surface area (TPSA) is 105 Å². The van der Waals surface area contributed by atoms with E-state index in [1.165, 1.54) is 0 Å². The predicted octanol–water partition coefficient (Wildman–Crippen LogP) is 1.14. The first-order chi connectivity index (χ1) is 8.45. The molecule has 0 radical (unpaired) electrons. The Hall–Kier alpha value is -1.73. The largest absolute Gasteiger partial charge is 0.391 e. The van der Waals surface area contributed by atoms with E-state index in [9.17, 15) is 20.0 Å². The van der Waals surface area contributed by atoms with Gasteiger partial charge in [-0.2, -0.15) is 0 Å². The lowest BCUT2D eigenvalue weighted by molar-refractivity contribution is -0.385. The van der Waals surface area contributed by atoms with E-state index in [-0.39, 0.29) is 17.3 Å². The summed E-state index contributed by atoms with van der Waals surface area (Å²) in [6, 6.07) is 1.12. The van der Waals surface area contributed by atoms with Crippen molar-refractivity contribution in [3.05, 3.63) is 33.1 Å². The number of hydrogen-bond donors (Lipinski definition) is 2. The molecule has 8 heteroatoms. The summed E-state index contributed by atoms with van der Waals surface area (Å²) >= 11 is 5.59. The highest BCUT2D eigenvalue weighted by atomic mass is 35.5. The van der Waals surface area contributed by atoms with Crippen molar-refractivity contribution < 1.29 is 14.8 Å². The van der Waals surface area contributed by atoms with Gasteiger partial charge in [-0.25, -0.2) is 4.98 Å². The second kappa shape index (κ2) is 6.27. The number of carbonyl (C=O) groups excluding carboxylic acids is 1. The zero-order valence-electron chi connectivity index (χ0n) is 9.59. The van der Waals surface area contributed by atoms with Crippen molar-refractivity contribution in [1.29, 1.82) is 0 Å². The van der Waals surface area contributed by atoms with Crippen LogP contribution >= 0.6 is 11.6 Å². The normalized spacial score (nSPS) is 11.9. The summed E-state index contributed by atoms with van der Waals surface area (Å²) in [7, 11) is 0. The van der Waals surface area contributed by atoms with Gasteiger partial charge >= 0.3 is 0 Å². The van der Waals surface area contributed by atoms with Crippen LogP contribution in [0, 0.1) is 10.1 Å². The zero-order chi connectivity index (χ0) is 13.7. The monoisotopic (exact) mass is 273 g/mol. The first-order valence-electron chi connectivity index (χ1n) is 5.22. The van der Waals surface area contributed by atoms with E-state index in [4.69, 9.17) is 11.6 Å². The summed E-state index contributed by atoms with van der Waals surface area (Å²) in [6.45, 7) is 1.77. The van der Waals surface area contributed by atoms with Crippen LogP contribution in [0.25, 0.3) is 0 Å². The van der Waals surface area contributed by atoms with Crippen LogP contribution < -0.4 is 5.32 Å². The third-order valence-electron chi connectivity index (χ3n) is 2.26. The number of halogens is 1. The Balaban J connectivity index is 2.90. The maximum Gasteiger partial charge on any atom is 0.300 e. The Kier molecular flexibility index (Phi) is 4.99. The number of nitrogens with one attached hydrogen (secondary N) is 1. The molecule has 1 atom stereocenters. The lowest BCUT2D eigenvalue weighted by Crippen LogP contribution is -2.32.